The van der Waals surface area contributed by atoms with Crippen LogP contribution in [-0.4, -0.2) is 35.2 Å². The van der Waals surface area contributed by atoms with Gasteiger partial charge in [-0.05, 0) is 60.7 Å². The van der Waals surface area contributed by atoms with E-state index in [1.807, 2.05) is 13.8 Å². The van der Waals surface area contributed by atoms with Gasteiger partial charge in [-0.1, -0.05) is 20.8 Å². The average molecular weight is 546 g/mol. The zero-order valence-electron chi connectivity index (χ0n) is 21.5. The second-order valence-corrected chi connectivity index (χ2v) is 12.9. The van der Waals surface area contributed by atoms with Crippen molar-refractivity contribution in [3.63, 3.8) is 0 Å². The second kappa shape index (κ2) is 10.6. The maximum absolute atomic E-state index is 13.8. The first-order valence-corrected chi connectivity index (χ1v) is 13.8. The molecule has 208 valence electrons. The number of carbonyl (C=O) groups is 4. The lowest BCUT2D eigenvalue weighted by molar-refractivity contribution is -0.777. The lowest BCUT2D eigenvalue weighted by Gasteiger charge is -2.58. The number of alkyl halides is 2. The third-order valence-electron chi connectivity index (χ3n) is 10.3. The van der Waals surface area contributed by atoms with Crippen molar-refractivity contribution in [2.75, 3.05) is 6.61 Å². The van der Waals surface area contributed by atoms with E-state index in [0.29, 0.717) is 32.1 Å². The van der Waals surface area contributed by atoms with E-state index in [0.717, 1.165) is 19.3 Å². The average Bonchev–Trinajstić information content (AvgIpc) is 3.20. The number of carbonyl (C=O) groups excluding carboxylic acids is 4. The summed E-state index contributed by atoms with van der Waals surface area (Å²) in [6.45, 7) is 4.85. The number of halogens is 2. The van der Waals surface area contributed by atoms with E-state index in [2.05, 4.69) is 21.0 Å². The number of esters is 1. The standard InChI is InChI=1S/C26H36F2O8S/c1-14(4-7-22(32)34-13-26(27,28)37-36-35-33)17-5-6-18-23-19(12-21(31)25(17,18)3)24(2)9-8-16(29)10-15(24)11-20(23)30/h14-15,17-19,23,33H,4-13H2,1-3H3/p-1/t14?,15-,17+,18-,19-,23-,24-,25+/m0/s1. The Morgan fingerprint density at radius 3 is 2.59 bits per heavy atom. The molecule has 11 heteroatoms. The molecule has 4 fully saturated rings. The van der Waals surface area contributed by atoms with Gasteiger partial charge in [0.1, 0.15) is 29.4 Å². The first kappa shape index (κ1) is 28.6. The minimum atomic E-state index is -3.63. The molecule has 0 aromatic heterocycles. The van der Waals surface area contributed by atoms with Gasteiger partial charge in [-0.2, -0.15) is 13.1 Å². The van der Waals surface area contributed by atoms with Crippen LogP contribution in [0.3, 0.4) is 0 Å². The zero-order chi connectivity index (χ0) is 27.2. The molecule has 0 heterocycles. The molecular formula is C26H35F2O8S-. The molecule has 4 aliphatic carbocycles. The molecule has 8 atom stereocenters. The van der Waals surface area contributed by atoms with E-state index >= 15 is 0 Å². The molecular weight excluding hydrogens is 510 g/mol. The monoisotopic (exact) mass is 545 g/mol. The van der Waals surface area contributed by atoms with Crippen molar-refractivity contribution >= 4 is 35.4 Å². The van der Waals surface area contributed by atoms with Crippen molar-refractivity contribution in [2.24, 2.45) is 46.3 Å². The van der Waals surface area contributed by atoms with Gasteiger partial charge in [0, 0.05) is 43.4 Å². The SMILES string of the molecule is CC(CCC(=O)OCC(F)(F)SOO[O-])[C@H]1CC[C@H]2[C@@H]3C(=O)C[C@@H]4CC(=O)CC[C@]4(C)[C@H]3CC(=O)[C@]12C. The third-order valence-corrected chi connectivity index (χ3v) is 10.8. The normalized spacial score (nSPS) is 38.5. The van der Waals surface area contributed by atoms with Crippen molar-refractivity contribution in [3.8, 4) is 0 Å². The van der Waals surface area contributed by atoms with Crippen LogP contribution in [-0.2, 0) is 33.3 Å². The van der Waals surface area contributed by atoms with E-state index in [1.54, 1.807) is 0 Å². The Morgan fingerprint density at radius 1 is 1.16 bits per heavy atom. The van der Waals surface area contributed by atoms with Gasteiger partial charge < -0.3 is 9.99 Å². The Kier molecular flexibility index (Phi) is 8.20. The molecule has 1 unspecified atom stereocenters. The van der Waals surface area contributed by atoms with Crippen LogP contribution in [0.25, 0.3) is 0 Å². The molecule has 4 aliphatic rings. The van der Waals surface area contributed by atoms with Crippen LogP contribution >= 0.6 is 12.0 Å². The van der Waals surface area contributed by atoms with E-state index in [-0.39, 0.29) is 64.7 Å². The summed E-state index contributed by atoms with van der Waals surface area (Å²) >= 11 is -0.534. The van der Waals surface area contributed by atoms with E-state index < -0.39 is 35.3 Å². The van der Waals surface area contributed by atoms with Gasteiger partial charge in [0.2, 0.25) is 0 Å². The molecule has 0 aliphatic heterocycles. The van der Waals surface area contributed by atoms with Gasteiger partial charge in [0.15, 0.2) is 6.61 Å². The Morgan fingerprint density at radius 2 is 1.89 bits per heavy atom. The largest absolute Gasteiger partial charge is 0.691 e. The number of Topliss-reactive ketones (excluding diaryl/α,β-unsaturated/α-hetero) is 3. The molecule has 0 aromatic carbocycles. The fraction of sp³-hybridized carbons (Fsp3) is 0.846. The highest BCUT2D eigenvalue weighted by Gasteiger charge is 2.66. The van der Waals surface area contributed by atoms with Gasteiger partial charge >= 0.3 is 11.2 Å². The number of fused-ring (bicyclic) bond motifs is 5. The Bertz CT molecular complexity index is 944. The Labute approximate surface area is 219 Å². The summed E-state index contributed by atoms with van der Waals surface area (Å²) in [4.78, 5) is 51.5. The van der Waals surface area contributed by atoms with Crippen molar-refractivity contribution in [2.45, 2.75) is 83.8 Å². The molecule has 0 amide bonds. The van der Waals surface area contributed by atoms with Gasteiger partial charge in [-0.3, -0.25) is 24.2 Å². The summed E-state index contributed by atoms with van der Waals surface area (Å²) < 4.78 is 35.2. The number of ether oxygens (including phenoxy) is 1. The molecule has 0 saturated heterocycles. The van der Waals surface area contributed by atoms with Crippen LogP contribution in [0.15, 0.2) is 0 Å². The molecule has 4 rings (SSSR count). The van der Waals surface area contributed by atoms with Crippen LogP contribution in [0.2, 0.25) is 0 Å². The lowest BCUT2D eigenvalue weighted by Crippen LogP contribution is -2.60. The lowest BCUT2D eigenvalue weighted by atomic mass is 9.44. The van der Waals surface area contributed by atoms with Crippen LogP contribution in [0.5, 0.6) is 0 Å². The fourth-order valence-electron chi connectivity index (χ4n) is 8.26. The summed E-state index contributed by atoms with van der Waals surface area (Å²) in [6, 6.07) is 0. The maximum Gasteiger partial charge on any atom is 0.354 e. The summed E-state index contributed by atoms with van der Waals surface area (Å²) in [7, 11) is 0. The van der Waals surface area contributed by atoms with Crippen molar-refractivity contribution in [3.05, 3.63) is 0 Å². The zero-order valence-corrected chi connectivity index (χ0v) is 22.3. The number of rotatable bonds is 9. The Hall–Kier alpha value is -1.43. The van der Waals surface area contributed by atoms with Gasteiger partial charge in [-0.25, -0.2) is 0 Å². The van der Waals surface area contributed by atoms with Crippen LogP contribution < -0.4 is 5.26 Å². The predicted molar refractivity (Wildman–Crippen MR) is 125 cm³/mol. The minimum Gasteiger partial charge on any atom is -0.691 e. The maximum atomic E-state index is 13.8. The predicted octanol–water partition coefficient (Wildman–Crippen LogP) is 4.00. The van der Waals surface area contributed by atoms with Gasteiger partial charge in [0.25, 0.3) is 0 Å². The highest BCUT2D eigenvalue weighted by molar-refractivity contribution is 7.95. The Balaban J connectivity index is 1.41. The molecule has 0 N–H and O–H groups in total. The second-order valence-electron chi connectivity index (χ2n) is 12.0. The molecule has 4 saturated carbocycles. The van der Waals surface area contributed by atoms with Gasteiger partial charge in [0.05, 0.1) is 0 Å². The summed E-state index contributed by atoms with van der Waals surface area (Å²) in [5.41, 5.74) is -0.852. The first-order chi connectivity index (χ1) is 17.3. The molecule has 8 nitrogen and oxygen atoms in total. The van der Waals surface area contributed by atoms with Crippen LogP contribution in [0.1, 0.15) is 78.6 Å². The van der Waals surface area contributed by atoms with Crippen LogP contribution in [0, 0.1) is 46.3 Å². The summed E-state index contributed by atoms with van der Waals surface area (Å²) in [5, 5.41) is 8.97. The first-order valence-electron chi connectivity index (χ1n) is 13.1. The van der Waals surface area contributed by atoms with E-state index in [9.17, 15) is 33.2 Å². The highest BCUT2D eigenvalue weighted by Crippen LogP contribution is 2.66. The molecule has 0 spiro atoms. The van der Waals surface area contributed by atoms with E-state index in [4.69, 9.17) is 0 Å². The smallest absolute Gasteiger partial charge is 0.354 e. The molecule has 0 bridgehead atoms. The summed E-state index contributed by atoms with van der Waals surface area (Å²) in [5.74, 6) is -0.565. The number of hydrogen-bond donors (Lipinski definition) is 0. The number of hydrogen-bond acceptors (Lipinski definition) is 9. The van der Waals surface area contributed by atoms with Crippen molar-refractivity contribution in [1.29, 1.82) is 0 Å². The van der Waals surface area contributed by atoms with Crippen molar-refractivity contribution in [1.82, 2.24) is 0 Å². The number of ketones is 3. The summed E-state index contributed by atoms with van der Waals surface area (Å²) in [6.07, 6.45) is 4.23. The third kappa shape index (κ3) is 5.25. The molecule has 0 radical (unpaired) electrons. The van der Waals surface area contributed by atoms with Crippen LogP contribution in [0.4, 0.5) is 8.78 Å². The molecule has 37 heavy (non-hydrogen) atoms. The molecule has 0 aromatic rings. The van der Waals surface area contributed by atoms with Crippen molar-refractivity contribution < 1.29 is 47.3 Å². The highest BCUT2D eigenvalue weighted by atomic mass is 32.2. The quantitative estimate of drug-likeness (QED) is 0.183. The van der Waals surface area contributed by atoms with Gasteiger partial charge in [-0.15, -0.1) is 0 Å². The van der Waals surface area contributed by atoms with E-state index in [1.165, 1.54) is 0 Å². The topological polar surface area (TPSA) is 119 Å². The fourth-order valence-corrected chi connectivity index (χ4v) is 8.50. The minimum absolute atomic E-state index is 0.0203.